The molecular formula is C13H10BrClO2. The maximum absolute atomic E-state index is 10.2. The summed E-state index contributed by atoms with van der Waals surface area (Å²) in [6.07, 6.45) is -0.855. The van der Waals surface area contributed by atoms with Crippen molar-refractivity contribution in [3.8, 4) is 5.75 Å². The van der Waals surface area contributed by atoms with Crippen LogP contribution in [0, 0.1) is 0 Å². The number of phenols is 1. The molecule has 0 spiro atoms. The first-order valence-electron chi connectivity index (χ1n) is 5.00. The Morgan fingerprint density at radius 2 is 1.76 bits per heavy atom. The van der Waals surface area contributed by atoms with Crippen LogP contribution in [0.25, 0.3) is 0 Å². The lowest BCUT2D eigenvalue weighted by molar-refractivity contribution is 0.220. The van der Waals surface area contributed by atoms with Crippen LogP contribution in [0.4, 0.5) is 0 Å². The van der Waals surface area contributed by atoms with E-state index in [4.69, 9.17) is 11.6 Å². The number of benzene rings is 2. The number of halogens is 2. The zero-order chi connectivity index (χ0) is 12.4. The molecule has 2 aromatic carbocycles. The van der Waals surface area contributed by atoms with E-state index in [1.54, 1.807) is 18.2 Å². The maximum Gasteiger partial charge on any atom is 0.135 e. The highest BCUT2D eigenvalue weighted by Gasteiger charge is 2.16. The second-order valence-electron chi connectivity index (χ2n) is 3.64. The average molecular weight is 314 g/mol. The lowest BCUT2D eigenvalue weighted by Crippen LogP contribution is -2.00. The Hall–Kier alpha value is -1.03. The third kappa shape index (κ3) is 2.63. The van der Waals surface area contributed by atoms with Gasteiger partial charge in [0.15, 0.2) is 0 Å². The van der Waals surface area contributed by atoms with Gasteiger partial charge in [0.25, 0.3) is 0 Å². The SMILES string of the molecule is Oc1cc(Br)cc(C(O)c2ccccc2)c1Cl. The van der Waals surface area contributed by atoms with E-state index in [9.17, 15) is 10.2 Å². The number of aliphatic hydroxyl groups excluding tert-OH is 1. The first-order chi connectivity index (χ1) is 8.09. The predicted octanol–water partition coefficient (Wildman–Crippen LogP) is 3.89. The van der Waals surface area contributed by atoms with Crippen molar-refractivity contribution in [2.75, 3.05) is 0 Å². The molecule has 0 aliphatic rings. The molecular weight excluding hydrogens is 303 g/mol. The van der Waals surface area contributed by atoms with E-state index >= 15 is 0 Å². The first kappa shape index (κ1) is 12.4. The molecule has 0 saturated heterocycles. The molecule has 2 rings (SSSR count). The van der Waals surface area contributed by atoms with E-state index < -0.39 is 6.10 Å². The van der Waals surface area contributed by atoms with Crippen LogP contribution < -0.4 is 0 Å². The highest BCUT2D eigenvalue weighted by molar-refractivity contribution is 9.10. The minimum Gasteiger partial charge on any atom is -0.506 e. The van der Waals surface area contributed by atoms with E-state index in [-0.39, 0.29) is 10.8 Å². The smallest absolute Gasteiger partial charge is 0.135 e. The fraction of sp³-hybridized carbons (Fsp3) is 0.0769. The molecule has 0 aliphatic carbocycles. The van der Waals surface area contributed by atoms with Crippen LogP contribution in [0.2, 0.25) is 5.02 Å². The molecule has 0 amide bonds. The second kappa shape index (κ2) is 5.08. The molecule has 0 aliphatic heterocycles. The van der Waals surface area contributed by atoms with Crippen LogP contribution in [0.5, 0.6) is 5.75 Å². The van der Waals surface area contributed by atoms with Crippen molar-refractivity contribution >= 4 is 27.5 Å². The predicted molar refractivity (Wildman–Crippen MR) is 71.3 cm³/mol. The molecule has 1 atom stereocenters. The van der Waals surface area contributed by atoms with Gasteiger partial charge in [0.05, 0.1) is 5.02 Å². The third-order valence-corrected chi connectivity index (χ3v) is 3.33. The molecule has 17 heavy (non-hydrogen) atoms. The van der Waals surface area contributed by atoms with Crippen molar-refractivity contribution < 1.29 is 10.2 Å². The van der Waals surface area contributed by atoms with Crippen LogP contribution in [0.3, 0.4) is 0 Å². The lowest BCUT2D eigenvalue weighted by atomic mass is 10.0. The van der Waals surface area contributed by atoms with Crippen LogP contribution in [-0.2, 0) is 0 Å². The molecule has 88 valence electrons. The van der Waals surface area contributed by atoms with Crippen LogP contribution in [0.15, 0.2) is 46.9 Å². The Bertz CT molecular complexity index is 528. The number of aliphatic hydroxyl groups is 1. The summed E-state index contributed by atoms with van der Waals surface area (Å²) in [6.45, 7) is 0. The van der Waals surface area contributed by atoms with Crippen molar-refractivity contribution in [3.05, 3.63) is 63.1 Å². The Morgan fingerprint density at radius 3 is 2.41 bits per heavy atom. The van der Waals surface area contributed by atoms with Gasteiger partial charge < -0.3 is 10.2 Å². The largest absolute Gasteiger partial charge is 0.506 e. The second-order valence-corrected chi connectivity index (χ2v) is 4.93. The molecule has 2 aromatic rings. The molecule has 0 saturated carbocycles. The molecule has 0 fully saturated rings. The summed E-state index contributed by atoms with van der Waals surface area (Å²) >= 11 is 9.24. The zero-order valence-corrected chi connectivity index (χ0v) is 11.1. The first-order valence-corrected chi connectivity index (χ1v) is 6.17. The highest BCUT2D eigenvalue weighted by atomic mass is 79.9. The minimum atomic E-state index is -0.855. The molecule has 1 unspecified atom stereocenters. The monoisotopic (exact) mass is 312 g/mol. The van der Waals surface area contributed by atoms with Gasteiger partial charge in [-0.1, -0.05) is 57.9 Å². The van der Waals surface area contributed by atoms with E-state index in [2.05, 4.69) is 15.9 Å². The summed E-state index contributed by atoms with van der Waals surface area (Å²) in [4.78, 5) is 0. The number of rotatable bonds is 2. The molecule has 0 radical (unpaired) electrons. The van der Waals surface area contributed by atoms with Crippen LogP contribution >= 0.6 is 27.5 Å². The Morgan fingerprint density at radius 1 is 1.12 bits per heavy atom. The van der Waals surface area contributed by atoms with Crippen LogP contribution in [-0.4, -0.2) is 10.2 Å². The molecule has 0 bridgehead atoms. The quantitative estimate of drug-likeness (QED) is 0.883. The molecule has 4 heteroatoms. The summed E-state index contributed by atoms with van der Waals surface area (Å²) in [6, 6.07) is 12.3. The van der Waals surface area contributed by atoms with Crippen LogP contribution in [0.1, 0.15) is 17.2 Å². The van der Waals surface area contributed by atoms with Gasteiger partial charge in [-0.3, -0.25) is 0 Å². The Labute approximate surface area is 113 Å². The molecule has 0 heterocycles. The van der Waals surface area contributed by atoms with Gasteiger partial charge in [0.2, 0.25) is 0 Å². The van der Waals surface area contributed by atoms with Gasteiger partial charge >= 0.3 is 0 Å². The number of hydrogen-bond acceptors (Lipinski definition) is 2. The average Bonchev–Trinajstić information content (AvgIpc) is 2.34. The van der Waals surface area contributed by atoms with Gasteiger partial charge in [-0.25, -0.2) is 0 Å². The van der Waals surface area contributed by atoms with Gasteiger partial charge in [-0.15, -0.1) is 0 Å². The summed E-state index contributed by atoms with van der Waals surface area (Å²) < 4.78 is 0.671. The summed E-state index contributed by atoms with van der Waals surface area (Å²) in [5.41, 5.74) is 1.21. The molecule has 2 nitrogen and oxygen atoms in total. The number of phenolic OH excluding ortho intramolecular Hbond substituents is 1. The topological polar surface area (TPSA) is 40.5 Å². The normalized spacial score (nSPS) is 12.4. The van der Waals surface area contributed by atoms with E-state index in [1.165, 1.54) is 6.07 Å². The zero-order valence-electron chi connectivity index (χ0n) is 8.77. The van der Waals surface area contributed by atoms with E-state index in [1.807, 2.05) is 18.2 Å². The molecule has 0 aromatic heterocycles. The van der Waals surface area contributed by atoms with Gasteiger partial charge in [0.1, 0.15) is 11.9 Å². The Balaban J connectivity index is 2.48. The van der Waals surface area contributed by atoms with Gasteiger partial charge in [-0.05, 0) is 17.7 Å². The number of aromatic hydroxyl groups is 1. The fourth-order valence-corrected chi connectivity index (χ4v) is 2.29. The maximum atomic E-state index is 10.2. The van der Waals surface area contributed by atoms with E-state index in [0.717, 1.165) is 5.56 Å². The minimum absolute atomic E-state index is 0.0500. The summed E-state index contributed by atoms with van der Waals surface area (Å²) in [5.74, 6) is -0.0500. The van der Waals surface area contributed by atoms with Crippen molar-refractivity contribution in [1.29, 1.82) is 0 Å². The number of hydrogen-bond donors (Lipinski definition) is 2. The lowest BCUT2D eigenvalue weighted by Gasteiger charge is -2.14. The van der Waals surface area contributed by atoms with E-state index in [0.29, 0.717) is 10.0 Å². The Kier molecular flexibility index (Phi) is 3.72. The summed E-state index contributed by atoms with van der Waals surface area (Å²) in [5, 5.41) is 20.0. The fourth-order valence-electron chi connectivity index (χ4n) is 1.61. The third-order valence-electron chi connectivity index (χ3n) is 2.46. The van der Waals surface area contributed by atoms with Crippen molar-refractivity contribution in [2.45, 2.75) is 6.10 Å². The van der Waals surface area contributed by atoms with Gasteiger partial charge in [0, 0.05) is 10.0 Å². The molecule has 2 N–H and O–H groups in total. The highest BCUT2D eigenvalue weighted by Crippen LogP contribution is 2.36. The standard InChI is InChI=1S/C13H10BrClO2/c14-9-6-10(12(15)11(16)7-9)13(17)8-4-2-1-3-5-8/h1-7,13,16-17H. The van der Waals surface area contributed by atoms with Crippen molar-refractivity contribution in [3.63, 3.8) is 0 Å². The van der Waals surface area contributed by atoms with Crippen molar-refractivity contribution in [1.82, 2.24) is 0 Å². The van der Waals surface area contributed by atoms with Gasteiger partial charge in [-0.2, -0.15) is 0 Å². The van der Waals surface area contributed by atoms with Crippen molar-refractivity contribution in [2.24, 2.45) is 0 Å². The summed E-state index contributed by atoms with van der Waals surface area (Å²) in [7, 11) is 0.